The van der Waals surface area contributed by atoms with Crippen LogP contribution in [0.2, 0.25) is 0 Å². The Labute approximate surface area is 106 Å². The summed E-state index contributed by atoms with van der Waals surface area (Å²) < 4.78 is 0. The third-order valence-electron chi connectivity index (χ3n) is 3.52. The van der Waals surface area contributed by atoms with Gasteiger partial charge in [-0.15, -0.1) is 0 Å². The van der Waals surface area contributed by atoms with Crippen molar-refractivity contribution in [2.75, 3.05) is 11.9 Å². The number of nitrogens with one attached hydrogen (secondary N) is 1. The Morgan fingerprint density at radius 3 is 2.89 bits per heavy atom. The van der Waals surface area contributed by atoms with Gasteiger partial charge in [-0.05, 0) is 31.4 Å². The maximum absolute atomic E-state index is 10.9. The number of nitro benzene ring substituents is 1. The fourth-order valence-corrected chi connectivity index (χ4v) is 2.45. The van der Waals surface area contributed by atoms with Gasteiger partial charge >= 0.3 is 0 Å². The van der Waals surface area contributed by atoms with Gasteiger partial charge in [0.1, 0.15) is 5.69 Å². The minimum Gasteiger partial charge on any atom is -0.393 e. The summed E-state index contributed by atoms with van der Waals surface area (Å²) in [4.78, 5) is 10.5. The van der Waals surface area contributed by atoms with Gasteiger partial charge in [0, 0.05) is 18.5 Å². The fraction of sp³-hybridized carbons (Fsp3) is 0.538. The highest BCUT2D eigenvalue weighted by Gasteiger charge is 2.25. The normalized spacial score (nSPS) is 23.0. The van der Waals surface area contributed by atoms with E-state index in [-0.39, 0.29) is 22.6 Å². The van der Waals surface area contributed by atoms with E-state index < -0.39 is 0 Å². The lowest BCUT2D eigenvalue weighted by molar-refractivity contribution is -0.384. The molecule has 0 amide bonds. The van der Waals surface area contributed by atoms with Gasteiger partial charge in [0.2, 0.25) is 0 Å². The number of rotatable bonds is 4. The van der Waals surface area contributed by atoms with Crippen LogP contribution in [0.25, 0.3) is 0 Å². The maximum Gasteiger partial charge on any atom is 0.292 e. The lowest BCUT2D eigenvalue weighted by Gasteiger charge is -2.16. The van der Waals surface area contributed by atoms with Crippen LogP contribution in [0.1, 0.15) is 24.8 Å². The monoisotopic (exact) mass is 250 g/mol. The quantitative estimate of drug-likeness (QED) is 0.636. The number of aliphatic hydroxyl groups excluding tert-OH is 1. The molecular formula is C13H18N2O3. The first-order valence-electron chi connectivity index (χ1n) is 6.25. The van der Waals surface area contributed by atoms with Crippen LogP contribution >= 0.6 is 0 Å². The van der Waals surface area contributed by atoms with Gasteiger partial charge in [0.05, 0.1) is 11.0 Å². The van der Waals surface area contributed by atoms with E-state index in [0.29, 0.717) is 12.2 Å². The molecule has 0 aromatic heterocycles. The third-order valence-corrected chi connectivity index (χ3v) is 3.52. The molecule has 5 heteroatoms. The highest BCUT2D eigenvalue weighted by atomic mass is 16.6. The lowest BCUT2D eigenvalue weighted by atomic mass is 10.1. The van der Waals surface area contributed by atoms with Gasteiger partial charge in [-0.3, -0.25) is 10.1 Å². The van der Waals surface area contributed by atoms with Crippen molar-refractivity contribution in [2.45, 2.75) is 32.3 Å². The molecule has 2 atom stereocenters. The van der Waals surface area contributed by atoms with Crippen LogP contribution in [0, 0.1) is 23.0 Å². The number of anilines is 1. The predicted octanol–water partition coefficient (Wildman–Crippen LogP) is 2.48. The molecular weight excluding hydrogens is 232 g/mol. The molecule has 0 heterocycles. The molecule has 1 aromatic rings. The van der Waals surface area contributed by atoms with Crippen LogP contribution in [0.15, 0.2) is 18.2 Å². The molecule has 2 unspecified atom stereocenters. The summed E-state index contributed by atoms with van der Waals surface area (Å²) in [7, 11) is 0. The van der Waals surface area contributed by atoms with E-state index in [1.165, 1.54) is 6.07 Å². The average molecular weight is 250 g/mol. The minimum absolute atomic E-state index is 0.0908. The van der Waals surface area contributed by atoms with Crippen LogP contribution in [0.4, 0.5) is 11.4 Å². The molecule has 0 saturated heterocycles. The van der Waals surface area contributed by atoms with Crippen molar-refractivity contribution in [3.8, 4) is 0 Å². The van der Waals surface area contributed by atoms with Gasteiger partial charge in [0.25, 0.3) is 5.69 Å². The fourth-order valence-electron chi connectivity index (χ4n) is 2.45. The number of nitrogens with zero attached hydrogens (tertiary/aromatic N) is 1. The van der Waals surface area contributed by atoms with E-state index in [1.54, 1.807) is 12.1 Å². The van der Waals surface area contributed by atoms with Crippen molar-refractivity contribution in [3.63, 3.8) is 0 Å². The third kappa shape index (κ3) is 2.79. The Kier molecular flexibility index (Phi) is 3.81. The molecule has 0 bridgehead atoms. The number of nitro groups is 1. The smallest absolute Gasteiger partial charge is 0.292 e. The molecule has 1 aromatic carbocycles. The van der Waals surface area contributed by atoms with Gasteiger partial charge in [0.15, 0.2) is 0 Å². The Morgan fingerprint density at radius 1 is 1.50 bits per heavy atom. The number of aliphatic hydroxyl groups is 1. The van der Waals surface area contributed by atoms with Crippen LogP contribution in [-0.4, -0.2) is 22.7 Å². The van der Waals surface area contributed by atoms with E-state index in [0.717, 1.165) is 24.8 Å². The molecule has 2 N–H and O–H groups in total. The summed E-state index contributed by atoms with van der Waals surface area (Å²) >= 11 is 0. The van der Waals surface area contributed by atoms with Crippen LogP contribution < -0.4 is 5.32 Å². The van der Waals surface area contributed by atoms with Gasteiger partial charge in [-0.25, -0.2) is 0 Å². The molecule has 0 aliphatic heterocycles. The molecule has 1 aliphatic carbocycles. The van der Waals surface area contributed by atoms with Crippen LogP contribution in [-0.2, 0) is 0 Å². The zero-order valence-corrected chi connectivity index (χ0v) is 10.4. The van der Waals surface area contributed by atoms with Gasteiger partial charge in [-0.2, -0.15) is 0 Å². The molecule has 98 valence electrons. The van der Waals surface area contributed by atoms with Crippen molar-refractivity contribution in [3.05, 3.63) is 33.9 Å². The van der Waals surface area contributed by atoms with E-state index in [9.17, 15) is 15.2 Å². The molecule has 1 fully saturated rings. The highest BCUT2D eigenvalue weighted by Crippen LogP contribution is 2.29. The average Bonchev–Trinajstić information content (AvgIpc) is 2.72. The summed E-state index contributed by atoms with van der Waals surface area (Å²) in [6, 6.07) is 5.02. The van der Waals surface area contributed by atoms with Crippen LogP contribution in [0.5, 0.6) is 0 Å². The molecule has 0 spiro atoms. The lowest BCUT2D eigenvalue weighted by Crippen LogP contribution is -2.22. The highest BCUT2D eigenvalue weighted by molar-refractivity contribution is 5.62. The Bertz CT molecular complexity index is 448. The van der Waals surface area contributed by atoms with Gasteiger partial charge in [-0.1, -0.05) is 12.5 Å². The number of hydrogen-bond donors (Lipinski definition) is 2. The van der Waals surface area contributed by atoms with E-state index in [2.05, 4.69) is 5.32 Å². The van der Waals surface area contributed by atoms with E-state index in [1.807, 2.05) is 6.92 Å². The summed E-state index contributed by atoms with van der Waals surface area (Å²) in [5, 5.41) is 23.7. The second-order valence-corrected chi connectivity index (χ2v) is 4.92. The SMILES string of the molecule is Cc1ccc([N+](=O)[O-])c(NCC2CCCC2O)c1. The number of aryl methyl sites for hydroxylation is 1. The molecule has 1 saturated carbocycles. The van der Waals surface area contributed by atoms with E-state index in [4.69, 9.17) is 0 Å². The molecule has 5 nitrogen and oxygen atoms in total. The Hall–Kier alpha value is -1.62. The summed E-state index contributed by atoms with van der Waals surface area (Å²) in [5.74, 6) is 0.199. The number of hydrogen-bond acceptors (Lipinski definition) is 4. The van der Waals surface area contributed by atoms with E-state index >= 15 is 0 Å². The largest absolute Gasteiger partial charge is 0.393 e. The molecule has 18 heavy (non-hydrogen) atoms. The second kappa shape index (κ2) is 5.35. The first kappa shape index (κ1) is 12.8. The standard InChI is InChI=1S/C13H18N2O3/c1-9-5-6-12(15(17)18)11(7-9)14-8-10-3-2-4-13(10)16/h5-7,10,13-14,16H,2-4,8H2,1H3. The maximum atomic E-state index is 10.9. The van der Waals surface area contributed by atoms with Crippen molar-refractivity contribution < 1.29 is 10.0 Å². The first-order chi connectivity index (χ1) is 8.58. The van der Waals surface area contributed by atoms with Gasteiger partial charge < -0.3 is 10.4 Å². The molecule has 0 radical (unpaired) electrons. The Morgan fingerprint density at radius 2 is 2.28 bits per heavy atom. The molecule has 1 aliphatic rings. The van der Waals surface area contributed by atoms with Crippen molar-refractivity contribution >= 4 is 11.4 Å². The van der Waals surface area contributed by atoms with Crippen molar-refractivity contribution in [1.82, 2.24) is 0 Å². The molecule has 2 rings (SSSR count). The topological polar surface area (TPSA) is 75.4 Å². The Balaban J connectivity index is 2.08. The minimum atomic E-state index is -0.382. The second-order valence-electron chi connectivity index (χ2n) is 4.92. The summed E-state index contributed by atoms with van der Waals surface area (Å²) in [5.41, 5.74) is 1.61. The van der Waals surface area contributed by atoms with Crippen molar-refractivity contribution in [2.24, 2.45) is 5.92 Å². The summed E-state index contributed by atoms with van der Waals surface area (Å²) in [6.07, 6.45) is 2.57. The summed E-state index contributed by atoms with van der Waals surface area (Å²) in [6.45, 7) is 2.49. The number of benzene rings is 1. The predicted molar refractivity (Wildman–Crippen MR) is 69.7 cm³/mol. The van der Waals surface area contributed by atoms with Crippen molar-refractivity contribution in [1.29, 1.82) is 0 Å². The first-order valence-corrected chi connectivity index (χ1v) is 6.25. The zero-order chi connectivity index (χ0) is 13.1. The zero-order valence-electron chi connectivity index (χ0n) is 10.4. The van der Waals surface area contributed by atoms with Crippen LogP contribution in [0.3, 0.4) is 0 Å².